The van der Waals surface area contributed by atoms with Gasteiger partial charge in [-0.05, 0) is 12.1 Å². The van der Waals surface area contributed by atoms with Crippen LogP contribution in [0.1, 0.15) is 0 Å². The van der Waals surface area contributed by atoms with Gasteiger partial charge in [0.2, 0.25) is 0 Å². The Hall–Kier alpha value is -1.04. The molecule has 0 amide bonds. The molecular weight excluding hydrogens is 358 g/mol. The number of allylic oxidation sites excluding steroid dienone is 1. The second-order valence-electron chi connectivity index (χ2n) is 4.02. The van der Waals surface area contributed by atoms with Gasteiger partial charge in [-0.2, -0.15) is 0 Å². The number of hydrogen-bond acceptors (Lipinski definition) is 3. The first kappa shape index (κ1) is 15.4. The minimum absolute atomic E-state index is 0.591. The lowest BCUT2D eigenvalue weighted by atomic mass is 10.2. The van der Waals surface area contributed by atoms with E-state index in [0.717, 1.165) is 21.0 Å². The number of halogens is 2. The van der Waals surface area contributed by atoms with Crippen molar-refractivity contribution in [2.45, 2.75) is 11.7 Å². The van der Waals surface area contributed by atoms with E-state index < -0.39 is 0 Å². The van der Waals surface area contributed by atoms with Crippen LogP contribution in [0.4, 0.5) is 0 Å². The Morgan fingerprint density at radius 1 is 1.35 bits per heavy atom. The van der Waals surface area contributed by atoms with E-state index in [1.165, 1.54) is 11.8 Å². The summed E-state index contributed by atoms with van der Waals surface area (Å²) >= 11 is 10.7. The van der Waals surface area contributed by atoms with E-state index in [1.54, 1.807) is 0 Å². The van der Waals surface area contributed by atoms with Crippen LogP contribution in [0.25, 0.3) is 11.4 Å². The van der Waals surface area contributed by atoms with Gasteiger partial charge in [-0.25, -0.2) is 0 Å². The number of nitrogens with zero attached hydrogens (tertiary/aromatic N) is 3. The van der Waals surface area contributed by atoms with Crippen molar-refractivity contribution in [1.82, 2.24) is 14.8 Å². The van der Waals surface area contributed by atoms with Crippen LogP contribution in [0.3, 0.4) is 0 Å². The Morgan fingerprint density at radius 3 is 2.65 bits per heavy atom. The van der Waals surface area contributed by atoms with Crippen molar-refractivity contribution in [3.05, 3.63) is 53.0 Å². The average molecular weight is 371 g/mol. The zero-order valence-corrected chi connectivity index (χ0v) is 13.9. The van der Waals surface area contributed by atoms with Crippen molar-refractivity contribution in [3.8, 4) is 11.4 Å². The average Bonchev–Trinajstić information content (AvgIpc) is 2.81. The lowest BCUT2D eigenvalue weighted by molar-refractivity contribution is 0.732. The summed E-state index contributed by atoms with van der Waals surface area (Å²) in [6.45, 7) is 8.11. The highest BCUT2D eigenvalue weighted by Crippen LogP contribution is 2.26. The minimum atomic E-state index is 0.591. The SMILES string of the molecule is C=CCn1c(SCC(=C)Cl)nnc1-c1ccc(Br)cc1. The molecule has 2 rings (SSSR count). The van der Waals surface area contributed by atoms with Crippen molar-refractivity contribution in [2.24, 2.45) is 0 Å². The molecule has 0 bridgehead atoms. The summed E-state index contributed by atoms with van der Waals surface area (Å²) in [5.41, 5.74) is 1.01. The van der Waals surface area contributed by atoms with E-state index in [9.17, 15) is 0 Å². The molecule has 0 radical (unpaired) electrons. The molecule has 0 fully saturated rings. The molecule has 104 valence electrons. The maximum Gasteiger partial charge on any atom is 0.192 e. The van der Waals surface area contributed by atoms with Gasteiger partial charge in [0.25, 0.3) is 0 Å². The zero-order chi connectivity index (χ0) is 14.5. The van der Waals surface area contributed by atoms with Crippen molar-refractivity contribution in [3.63, 3.8) is 0 Å². The van der Waals surface area contributed by atoms with E-state index in [1.807, 2.05) is 34.9 Å². The highest BCUT2D eigenvalue weighted by molar-refractivity contribution is 9.10. The van der Waals surface area contributed by atoms with Gasteiger partial charge >= 0.3 is 0 Å². The molecule has 0 saturated carbocycles. The molecule has 20 heavy (non-hydrogen) atoms. The molecule has 3 nitrogen and oxygen atoms in total. The molecule has 0 aliphatic carbocycles. The van der Waals surface area contributed by atoms with E-state index in [-0.39, 0.29) is 0 Å². The van der Waals surface area contributed by atoms with Crippen LogP contribution in [0.2, 0.25) is 0 Å². The normalized spacial score (nSPS) is 10.5. The van der Waals surface area contributed by atoms with Crippen LogP contribution in [0.5, 0.6) is 0 Å². The third-order valence-electron chi connectivity index (χ3n) is 2.49. The van der Waals surface area contributed by atoms with Crippen LogP contribution >= 0.6 is 39.3 Å². The maximum atomic E-state index is 5.80. The molecular formula is C14H13BrClN3S. The van der Waals surface area contributed by atoms with Crippen molar-refractivity contribution in [2.75, 3.05) is 5.75 Å². The molecule has 0 spiro atoms. The largest absolute Gasteiger partial charge is 0.298 e. The first-order valence-electron chi connectivity index (χ1n) is 5.88. The second-order valence-corrected chi connectivity index (χ2v) is 6.41. The highest BCUT2D eigenvalue weighted by Gasteiger charge is 2.13. The predicted octanol–water partition coefficient (Wildman–Crippen LogP) is 4.74. The van der Waals surface area contributed by atoms with Crippen molar-refractivity contribution in [1.29, 1.82) is 0 Å². The molecule has 1 aromatic heterocycles. The highest BCUT2D eigenvalue weighted by atomic mass is 79.9. The van der Waals surface area contributed by atoms with Crippen LogP contribution < -0.4 is 0 Å². The molecule has 0 unspecified atom stereocenters. The standard InChI is InChI=1S/C14H13BrClN3S/c1-3-8-19-13(11-4-6-12(15)7-5-11)17-18-14(19)20-9-10(2)16/h3-7H,1-2,8-9H2. The lowest BCUT2D eigenvalue weighted by Gasteiger charge is -2.07. The third-order valence-corrected chi connectivity index (χ3v) is 4.36. The van der Waals surface area contributed by atoms with Crippen LogP contribution in [-0.2, 0) is 6.54 Å². The second kappa shape index (κ2) is 7.11. The summed E-state index contributed by atoms with van der Waals surface area (Å²) in [6.07, 6.45) is 1.82. The zero-order valence-electron chi connectivity index (χ0n) is 10.7. The molecule has 6 heteroatoms. The third kappa shape index (κ3) is 3.75. The van der Waals surface area contributed by atoms with Gasteiger partial charge in [0.05, 0.1) is 0 Å². The van der Waals surface area contributed by atoms with Gasteiger partial charge in [0.1, 0.15) is 0 Å². The summed E-state index contributed by atoms with van der Waals surface area (Å²) < 4.78 is 3.05. The minimum Gasteiger partial charge on any atom is -0.298 e. The summed E-state index contributed by atoms with van der Waals surface area (Å²) in [4.78, 5) is 0. The molecule has 0 atom stereocenters. The Balaban J connectivity index is 2.35. The first-order chi connectivity index (χ1) is 9.61. The molecule has 0 saturated heterocycles. The Labute approximate surface area is 135 Å². The van der Waals surface area contributed by atoms with Gasteiger partial charge in [-0.3, -0.25) is 4.57 Å². The monoisotopic (exact) mass is 369 g/mol. The fraction of sp³-hybridized carbons (Fsp3) is 0.143. The van der Waals surface area contributed by atoms with Gasteiger partial charge in [0.15, 0.2) is 11.0 Å². The number of aromatic nitrogens is 3. The fourth-order valence-electron chi connectivity index (χ4n) is 1.64. The van der Waals surface area contributed by atoms with Crippen molar-refractivity contribution >= 4 is 39.3 Å². The maximum absolute atomic E-state index is 5.80. The molecule has 0 aliphatic heterocycles. The molecule has 1 aromatic carbocycles. The molecule has 0 aliphatic rings. The Kier molecular flexibility index (Phi) is 5.46. The summed E-state index contributed by atoms with van der Waals surface area (Å²) in [6, 6.07) is 7.97. The molecule has 1 heterocycles. The number of thioether (sulfide) groups is 1. The smallest absolute Gasteiger partial charge is 0.192 e. The van der Waals surface area contributed by atoms with Gasteiger partial charge in [-0.15, -0.1) is 16.8 Å². The topological polar surface area (TPSA) is 30.7 Å². The molecule has 0 N–H and O–H groups in total. The Bertz CT molecular complexity index is 622. The lowest BCUT2D eigenvalue weighted by Crippen LogP contribution is -2.00. The number of benzene rings is 1. The van der Waals surface area contributed by atoms with Gasteiger partial charge in [-0.1, -0.05) is 64.1 Å². The van der Waals surface area contributed by atoms with E-state index in [4.69, 9.17) is 11.6 Å². The fourth-order valence-corrected chi connectivity index (χ4v) is 2.77. The molecule has 2 aromatic rings. The van der Waals surface area contributed by atoms with E-state index >= 15 is 0 Å². The van der Waals surface area contributed by atoms with Gasteiger partial charge in [0, 0.05) is 27.4 Å². The van der Waals surface area contributed by atoms with Crippen LogP contribution in [0.15, 0.2) is 58.2 Å². The number of rotatable bonds is 6. The van der Waals surface area contributed by atoms with Crippen LogP contribution in [-0.4, -0.2) is 20.5 Å². The summed E-state index contributed by atoms with van der Waals surface area (Å²) in [5, 5.41) is 9.89. The Morgan fingerprint density at radius 2 is 2.05 bits per heavy atom. The van der Waals surface area contributed by atoms with E-state index in [0.29, 0.717) is 17.3 Å². The van der Waals surface area contributed by atoms with Crippen molar-refractivity contribution < 1.29 is 0 Å². The summed E-state index contributed by atoms with van der Waals surface area (Å²) in [7, 11) is 0. The van der Waals surface area contributed by atoms with Crippen LogP contribution in [0, 0.1) is 0 Å². The quantitative estimate of drug-likeness (QED) is 0.543. The first-order valence-corrected chi connectivity index (χ1v) is 8.03. The number of hydrogen-bond donors (Lipinski definition) is 0. The van der Waals surface area contributed by atoms with E-state index in [2.05, 4.69) is 39.3 Å². The summed E-state index contributed by atoms with van der Waals surface area (Å²) in [5.74, 6) is 1.43. The predicted molar refractivity (Wildman–Crippen MR) is 89.1 cm³/mol. The van der Waals surface area contributed by atoms with Gasteiger partial charge < -0.3 is 0 Å².